The van der Waals surface area contributed by atoms with Crippen LogP contribution in [-0.4, -0.2) is 31.6 Å². The van der Waals surface area contributed by atoms with Crippen LogP contribution < -0.4 is 4.74 Å². The molecule has 1 aromatic rings. The van der Waals surface area contributed by atoms with Crippen molar-refractivity contribution >= 4 is 0 Å². The van der Waals surface area contributed by atoms with Gasteiger partial charge in [0, 0.05) is 12.6 Å². The summed E-state index contributed by atoms with van der Waals surface area (Å²) < 4.78 is 5.22. The van der Waals surface area contributed by atoms with Crippen LogP contribution >= 0.6 is 0 Å². The van der Waals surface area contributed by atoms with E-state index in [1.165, 1.54) is 18.5 Å². The van der Waals surface area contributed by atoms with Crippen molar-refractivity contribution in [1.82, 2.24) is 4.90 Å². The number of rotatable bonds is 4. The fourth-order valence-electron chi connectivity index (χ4n) is 3.01. The van der Waals surface area contributed by atoms with E-state index in [4.69, 9.17) is 4.74 Å². The minimum Gasteiger partial charge on any atom is -0.497 e. The third-order valence-electron chi connectivity index (χ3n) is 4.29. The number of hydrogen-bond acceptors (Lipinski definition) is 2. The summed E-state index contributed by atoms with van der Waals surface area (Å²) in [6.45, 7) is 5.75. The van der Waals surface area contributed by atoms with Gasteiger partial charge in [-0.1, -0.05) is 30.2 Å². The number of nitrogens with zero attached hydrogens (tertiary/aromatic N) is 1. The summed E-state index contributed by atoms with van der Waals surface area (Å²) in [5, 5.41) is 0. The van der Waals surface area contributed by atoms with E-state index in [0.717, 1.165) is 18.6 Å². The Balaban J connectivity index is 2.17. The molecule has 1 unspecified atom stereocenters. The first-order valence-corrected chi connectivity index (χ1v) is 7.17. The van der Waals surface area contributed by atoms with Gasteiger partial charge in [0.05, 0.1) is 7.11 Å². The largest absolute Gasteiger partial charge is 0.497 e. The predicted molar refractivity (Wildman–Crippen MR) is 80.7 cm³/mol. The van der Waals surface area contributed by atoms with Gasteiger partial charge in [0.1, 0.15) is 5.75 Å². The monoisotopic (exact) mass is 259 g/mol. The van der Waals surface area contributed by atoms with E-state index in [9.17, 15) is 0 Å². The molecule has 0 spiro atoms. The van der Waals surface area contributed by atoms with Crippen molar-refractivity contribution in [1.29, 1.82) is 0 Å². The van der Waals surface area contributed by atoms with Crippen LogP contribution in [0.3, 0.4) is 0 Å². The molecule has 1 aromatic carbocycles. The van der Waals surface area contributed by atoms with Gasteiger partial charge in [-0.15, -0.1) is 0 Å². The predicted octanol–water partition coefficient (Wildman–Crippen LogP) is 3.67. The molecule has 2 nitrogen and oxygen atoms in total. The highest BCUT2D eigenvalue weighted by Crippen LogP contribution is 2.28. The van der Waals surface area contributed by atoms with Gasteiger partial charge in [0.25, 0.3) is 0 Å². The fraction of sp³-hybridized carbons (Fsp3) is 0.529. The van der Waals surface area contributed by atoms with Crippen LogP contribution in [0, 0.1) is 0 Å². The Morgan fingerprint density at radius 3 is 2.53 bits per heavy atom. The quantitative estimate of drug-likeness (QED) is 0.765. The molecule has 1 aliphatic rings. The number of methoxy groups -OCH3 is 1. The van der Waals surface area contributed by atoms with E-state index < -0.39 is 0 Å². The molecular formula is C17H25NO. The molecule has 0 N–H and O–H groups in total. The molecule has 2 rings (SSSR count). The summed E-state index contributed by atoms with van der Waals surface area (Å²) in [7, 11) is 3.96. The van der Waals surface area contributed by atoms with Crippen molar-refractivity contribution in [3.05, 3.63) is 41.0 Å². The van der Waals surface area contributed by atoms with Crippen molar-refractivity contribution < 1.29 is 4.74 Å². The van der Waals surface area contributed by atoms with Gasteiger partial charge in [-0.3, -0.25) is 4.90 Å². The molecule has 1 atom stereocenters. The molecule has 0 bridgehead atoms. The first-order valence-electron chi connectivity index (χ1n) is 7.17. The molecule has 0 aromatic heterocycles. The third-order valence-corrected chi connectivity index (χ3v) is 4.29. The Morgan fingerprint density at radius 2 is 1.95 bits per heavy atom. The zero-order valence-electron chi connectivity index (χ0n) is 12.6. The average Bonchev–Trinajstić information content (AvgIpc) is 2.44. The van der Waals surface area contributed by atoms with Crippen molar-refractivity contribution in [3.8, 4) is 5.75 Å². The standard InChI is InChI=1S/C17H25NO/c1-5-16-13(2)10-11-18(3)17(16)12-14-6-8-15(19-4)9-7-14/h6-9,17H,5,10-12H2,1-4H3. The highest BCUT2D eigenvalue weighted by atomic mass is 16.5. The van der Waals surface area contributed by atoms with Crippen LogP contribution in [0.4, 0.5) is 0 Å². The van der Waals surface area contributed by atoms with E-state index >= 15 is 0 Å². The van der Waals surface area contributed by atoms with Gasteiger partial charge in [-0.25, -0.2) is 0 Å². The van der Waals surface area contributed by atoms with Crippen LogP contribution in [0.2, 0.25) is 0 Å². The van der Waals surface area contributed by atoms with Crippen molar-refractivity contribution in [2.75, 3.05) is 20.7 Å². The van der Waals surface area contributed by atoms with Crippen molar-refractivity contribution in [3.63, 3.8) is 0 Å². The Labute approximate surface area is 117 Å². The van der Waals surface area contributed by atoms with Crippen LogP contribution in [0.25, 0.3) is 0 Å². The van der Waals surface area contributed by atoms with Gasteiger partial charge >= 0.3 is 0 Å². The van der Waals surface area contributed by atoms with Crippen LogP contribution in [-0.2, 0) is 6.42 Å². The molecule has 0 fully saturated rings. The van der Waals surface area contributed by atoms with Crippen LogP contribution in [0.5, 0.6) is 5.75 Å². The number of benzene rings is 1. The highest BCUT2D eigenvalue weighted by molar-refractivity contribution is 5.30. The van der Waals surface area contributed by atoms with E-state index in [1.54, 1.807) is 18.3 Å². The maximum Gasteiger partial charge on any atom is 0.118 e. The van der Waals surface area contributed by atoms with Crippen LogP contribution in [0.15, 0.2) is 35.4 Å². The second-order valence-electron chi connectivity index (χ2n) is 5.46. The summed E-state index contributed by atoms with van der Waals surface area (Å²) in [6, 6.07) is 9.04. The Kier molecular flexibility index (Phi) is 4.65. The molecule has 19 heavy (non-hydrogen) atoms. The van der Waals surface area contributed by atoms with E-state index in [-0.39, 0.29) is 0 Å². The first kappa shape index (κ1) is 14.1. The number of ether oxygens (including phenoxy) is 1. The summed E-state index contributed by atoms with van der Waals surface area (Å²) in [4.78, 5) is 2.50. The molecule has 0 saturated carbocycles. The smallest absolute Gasteiger partial charge is 0.118 e. The summed E-state index contributed by atoms with van der Waals surface area (Å²) in [6.07, 6.45) is 3.48. The molecule has 0 saturated heterocycles. The van der Waals surface area contributed by atoms with E-state index in [0.29, 0.717) is 6.04 Å². The summed E-state index contributed by atoms with van der Waals surface area (Å²) >= 11 is 0. The Bertz CT molecular complexity index is 447. The van der Waals surface area contributed by atoms with E-state index in [2.05, 4.69) is 50.1 Å². The van der Waals surface area contributed by atoms with Crippen LogP contribution in [0.1, 0.15) is 32.3 Å². The first-order chi connectivity index (χ1) is 9.15. The van der Waals surface area contributed by atoms with Gasteiger partial charge in [0.2, 0.25) is 0 Å². The molecule has 0 amide bonds. The second-order valence-corrected chi connectivity index (χ2v) is 5.46. The molecule has 104 valence electrons. The minimum atomic E-state index is 0.562. The summed E-state index contributed by atoms with van der Waals surface area (Å²) in [5.41, 5.74) is 4.61. The average molecular weight is 259 g/mol. The highest BCUT2D eigenvalue weighted by Gasteiger charge is 2.24. The minimum absolute atomic E-state index is 0.562. The number of likely N-dealkylation sites (N-methyl/N-ethyl adjacent to an activating group) is 1. The normalized spacial score (nSPS) is 20.7. The molecule has 1 aliphatic heterocycles. The lowest BCUT2D eigenvalue weighted by molar-refractivity contribution is 0.251. The Hall–Kier alpha value is -1.28. The topological polar surface area (TPSA) is 12.5 Å². The fourth-order valence-corrected chi connectivity index (χ4v) is 3.01. The van der Waals surface area contributed by atoms with E-state index in [1.807, 2.05) is 0 Å². The van der Waals surface area contributed by atoms with Crippen molar-refractivity contribution in [2.45, 2.75) is 39.2 Å². The molecule has 2 heteroatoms. The molecule has 0 radical (unpaired) electrons. The lowest BCUT2D eigenvalue weighted by atomic mass is 9.88. The third kappa shape index (κ3) is 3.19. The Morgan fingerprint density at radius 1 is 1.26 bits per heavy atom. The van der Waals surface area contributed by atoms with Crippen molar-refractivity contribution in [2.24, 2.45) is 0 Å². The lowest BCUT2D eigenvalue weighted by Gasteiger charge is -2.36. The van der Waals surface area contributed by atoms with Gasteiger partial charge in [0.15, 0.2) is 0 Å². The van der Waals surface area contributed by atoms with Gasteiger partial charge in [-0.2, -0.15) is 0 Å². The van der Waals surface area contributed by atoms with Gasteiger partial charge in [-0.05, 0) is 50.9 Å². The number of hydrogen-bond donors (Lipinski definition) is 0. The SMILES string of the molecule is CCC1=C(C)CCN(C)C1Cc1ccc(OC)cc1. The molecular weight excluding hydrogens is 234 g/mol. The maximum absolute atomic E-state index is 5.22. The zero-order chi connectivity index (χ0) is 13.8. The second kappa shape index (κ2) is 6.25. The summed E-state index contributed by atoms with van der Waals surface area (Å²) in [5.74, 6) is 0.934. The zero-order valence-corrected chi connectivity index (χ0v) is 12.6. The van der Waals surface area contributed by atoms with Gasteiger partial charge < -0.3 is 4.74 Å². The molecule has 0 aliphatic carbocycles. The lowest BCUT2D eigenvalue weighted by Crippen LogP contribution is -2.39. The maximum atomic E-state index is 5.22. The molecule has 1 heterocycles.